The molecule has 0 atom stereocenters. The Morgan fingerprint density at radius 3 is 1.60 bits per heavy atom. The summed E-state index contributed by atoms with van der Waals surface area (Å²) in [6.45, 7) is 0. The van der Waals surface area contributed by atoms with Crippen LogP contribution in [0.2, 0.25) is 0 Å². The molecular formula is C66H46N2OSi. The van der Waals surface area contributed by atoms with Crippen molar-refractivity contribution in [3.63, 3.8) is 0 Å². The molecule has 0 saturated heterocycles. The Hall–Kier alpha value is -8.96. The van der Waals surface area contributed by atoms with Gasteiger partial charge in [-0.15, -0.1) is 0 Å². The molecule has 0 N–H and O–H groups in total. The van der Waals surface area contributed by atoms with Crippen LogP contribution in [0.25, 0.3) is 71.7 Å². The van der Waals surface area contributed by atoms with Crippen molar-refractivity contribution in [3.05, 3.63) is 279 Å². The van der Waals surface area contributed by atoms with E-state index in [2.05, 4.69) is 282 Å². The van der Waals surface area contributed by atoms with E-state index in [-0.39, 0.29) is 0 Å². The average Bonchev–Trinajstić information content (AvgIpc) is 3.99. The van der Waals surface area contributed by atoms with E-state index >= 15 is 0 Å². The lowest BCUT2D eigenvalue weighted by molar-refractivity contribution is 0.670. The molecule has 330 valence electrons. The molecule has 2 heterocycles. The summed E-state index contributed by atoms with van der Waals surface area (Å²) in [5.41, 5.74) is 12.9. The molecule has 13 aromatic rings. The third-order valence-electron chi connectivity index (χ3n) is 14.1. The SMILES string of the molecule is c1ccc(-n2c3ccccc3c3c(N(c4ccc(-c5cccc([Si](c6ccccc6)(c6ccccc6)c6ccccc6)c5)cc4)c4cccc(-c5cccc6c5oc5ccccc56)c4)cccc32)cc1. The number of benzene rings is 11. The fraction of sp³-hybridized carbons (Fsp3) is 0. The second kappa shape index (κ2) is 17.3. The van der Waals surface area contributed by atoms with Crippen molar-refractivity contribution < 1.29 is 4.42 Å². The van der Waals surface area contributed by atoms with E-state index in [0.717, 1.165) is 72.4 Å². The topological polar surface area (TPSA) is 21.3 Å². The summed E-state index contributed by atoms with van der Waals surface area (Å²) >= 11 is 0. The summed E-state index contributed by atoms with van der Waals surface area (Å²) in [5, 5.41) is 10.0. The van der Waals surface area contributed by atoms with Gasteiger partial charge in [0.25, 0.3) is 0 Å². The Labute approximate surface area is 408 Å². The van der Waals surface area contributed by atoms with Gasteiger partial charge in [0, 0.05) is 44.2 Å². The van der Waals surface area contributed by atoms with E-state index in [4.69, 9.17) is 4.42 Å². The van der Waals surface area contributed by atoms with Gasteiger partial charge in [-0.2, -0.15) is 0 Å². The molecular weight excluding hydrogens is 865 g/mol. The number of nitrogens with zero attached hydrogens (tertiary/aromatic N) is 2. The summed E-state index contributed by atoms with van der Waals surface area (Å²) in [6.07, 6.45) is 0. The first kappa shape index (κ1) is 41.2. The molecule has 13 rings (SSSR count). The van der Waals surface area contributed by atoms with E-state index in [1.54, 1.807) is 0 Å². The number of anilines is 3. The van der Waals surface area contributed by atoms with Crippen molar-refractivity contribution in [1.29, 1.82) is 0 Å². The normalized spacial score (nSPS) is 11.7. The summed E-state index contributed by atoms with van der Waals surface area (Å²) in [4.78, 5) is 2.44. The van der Waals surface area contributed by atoms with E-state index in [1.165, 1.54) is 37.1 Å². The Bertz CT molecular complexity index is 3900. The van der Waals surface area contributed by atoms with Crippen molar-refractivity contribution in [3.8, 4) is 27.9 Å². The molecule has 3 nitrogen and oxygen atoms in total. The number of fused-ring (bicyclic) bond motifs is 6. The van der Waals surface area contributed by atoms with Gasteiger partial charge in [0.1, 0.15) is 11.2 Å². The van der Waals surface area contributed by atoms with Crippen molar-refractivity contribution in [2.75, 3.05) is 4.90 Å². The first-order valence-corrected chi connectivity index (χ1v) is 26.0. The number of rotatable bonds is 10. The monoisotopic (exact) mass is 910 g/mol. The third-order valence-corrected chi connectivity index (χ3v) is 18.9. The van der Waals surface area contributed by atoms with E-state index in [9.17, 15) is 0 Å². The lowest BCUT2D eigenvalue weighted by Gasteiger charge is -2.34. The van der Waals surface area contributed by atoms with Gasteiger partial charge in [-0.25, -0.2) is 0 Å². The smallest absolute Gasteiger partial charge is 0.179 e. The molecule has 0 amide bonds. The fourth-order valence-corrected chi connectivity index (χ4v) is 15.9. The quantitative estimate of drug-likeness (QED) is 0.101. The zero-order valence-corrected chi connectivity index (χ0v) is 39.4. The Kier molecular flexibility index (Phi) is 10.2. The van der Waals surface area contributed by atoms with Gasteiger partial charge in [-0.05, 0) is 98.1 Å². The molecule has 0 aliphatic rings. The highest BCUT2D eigenvalue weighted by Crippen LogP contribution is 2.45. The van der Waals surface area contributed by atoms with E-state index in [1.807, 2.05) is 6.07 Å². The number of para-hydroxylation sites is 4. The van der Waals surface area contributed by atoms with Gasteiger partial charge in [0.15, 0.2) is 8.07 Å². The lowest BCUT2D eigenvalue weighted by atomic mass is 10.0. The second-order valence-electron chi connectivity index (χ2n) is 18.0. The molecule has 2 aromatic heterocycles. The first-order chi connectivity index (χ1) is 34.7. The Balaban J connectivity index is 0.992. The molecule has 0 aliphatic heterocycles. The van der Waals surface area contributed by atoms with Crippen LogP contribution in [0.1, 0.15) is 0 Å². The highest BCUT2D eigenvalue weighted by molar-refractivity contribution is 7.19. The van der Waals surface area contributed by atoms with Crippen molar-refractivity contribution in [2.45, 2.75) is 0 Å². The number of hydrogen-bond acceptors (Lipinski definition) is 2. The van der Waals surface area contributed by atoms with E-state index in [0.29, 0.717) is 0 Å². The van der Waals surface area contributed by atoms with E-state index < -0.39 is 8.07 Å². The lowest BCUT2D eigenvalue weighted by Crippen LogP contribution is -2.74. The fourth-order valence-electron chi connectivity index (χ4n) is 11.1. The Morgan fingerprint density at radius 1 is 0.343 bits per heavy atom. The van der Waals surface area contributed by atoms with Gasteiger partial charge in [0.2, 0.25) is 0 Å². The molecule has 70 heavy (non-hydrogen) atoms. The molecule has 0 unspecified atom stereocenters. The van der Waals surface area contributed by atoms with Crippen LogP contribution in [0.3, 0.4) is 0 Å². The van der Waals surface area contributed by atoms with Crippen LogP contribution in [-0.2, 0) is 0 Å². The van der Waals surface area contributed by atoms with Gasteiger partial charge >= 0.3 is 0 Å². The molecule has 4 heteroatoms. The summed E-state index contributed by atoms with van der Waals surface area (Å²) in [5.74, 6) is 0. The third kappa shape index (κ3) is 6.80. The van der Waals surface area contributed by atoms with Crippen LogP contribution in [-0.4, -0.2) is 12.6 Å². The molecule has 0 radical (unpaired) electrons. The summed E-state index contributed by atoms with van der Waals surface area (Å²) in [6, 6.07) is 102. The van der Waals surface area contributed by atoms with Gasteiger partial charge in [0.05, 0.1) is 16.7 Å². The predicted octanol–water partition coefficient (Wildman–Crippen LogP) is 14.9. The van der Waals surface area contributed by atoms with Gasteiger partial charge in [-0.1, -0.05) is 218 Å². The minimum Gasteiger partial charge on any atom is -0.455 e. The van der Waals surface area contributed by atoms with Crippen molar-refractivity contribution >= 4 is 89.6 Å². The molecule has 0 bridgehead atoms. The number of aromatic nitrogens is 1. The minimum absolute atomic E-state index is 0.892. The summed E-state index contributed by atoms with van der Waals surface area (Å²) in [7, 11) is -2.73. The highest BCUT2D eigenvalue weighted by Gasteiger charge is 2.41. The van der Waals surface area contributed by atoms with Crippen LogP contribution in [0.4, 0.5) is 17.1 Å². The van der Waals surface area contributed by atoms with Crippen LogP contribution in [0.5, 0.6) is 0 Å². The number of hydrogen-bond donors (Lipinski definition) is 0. The molecule has 11 aromatic carbocycles. The molecule has 0 fully saturated rings. The Morgan fingerprint density at radius 2 is 0.886 bits per heavy atom. The second-order valence-corrected chi connectivity index (χ2v) is 21.8. The van der Waals surface area contributed by atoms with Crippen LogP contribution in [0.15, 0.2) is 283 Å². The maximum atomic E-state index is 6.60. The maximum Gasteiger partial charge on any atom is 0.179 e. The first-order valence-electron chi connectivity index (χ1n) is 24.0. The molecule has 0 spiro atoms. The zero-order chi connectivity index (χ0) is 46.4. The van der Waals surface area contributed by atoms with Crippen molar-refractivity contribution in [2.24, 2.45) is 0 Å². The zero-order valence-electron chi connectivity index (χ0n) is 38.4. The van der Waals surface area contributed by atoms with Gasteiger partial charge in [-0.3, -0.25) is 0 Å². The summed E-state index contributed by atoms with van der Waals surface area (Å²) < 4.78 is 9.00. The van der Waals surface area contributed by atoms with Crippen LogP contribution < -0.4 is 25.6 Å². The van der Waals surface area contributed by atoms with Crippen LogP contribution in [0, 0.1) is 0 Å². The minimum atomic E-state index is -2.73. The predicted molar refractivity (Wildman–Crippen MR) is 297 cm³/mol. The van der Waals surface area contributed by atoms with Gasteiger partial charge < -0.3 is 13.9 Å². The maximum absolute atomic E-state index is 6.60. The van der Waals surface area contributed by atoms with Crippen molar-refractivity contribution in [1.82, 2.24) is 4.57 Å². The largest absolute Gasteiger partial charge is 0.455 e. The molecule has 0 aliphatic carbocycles. The standard InChI is InChI=1S/C66H46N2OSi/c1-5-23-50(24-6-1)68-61-37-15-13-34-60(61)65-62(38-20-39-63(65)68)67(52-25-17-22-49(45-52)57-35-19-36-59-58-33-14-16-40-64(58)69-66(57)59)51-43-41-47(42-44-51)48-21-18-32-56(46-48)70(53-26-7-2-8-27-53,54-28-9-3-10-29-54)55-30-11-4-12-31-55/h1-46H. The molecule has 0 saturated carbocycles. The number of furan rings is 1. The van der Waals surface area contributed by atoms with Crippen LogP contribution >= 0.6 is 0 Å². The average molecular weight is 911 g/mol. The highest BCUT2D eigenvalue weighted by atomic mass is 28.3.